The molecule has 1 atom stereocenters. The van der Waals surface area contributed by atoms with Crippen molar-refractivity contribution in [3.8, 4) is 0 Å². The first-order valence-electron chi connectivity index (χ1n) is 9.31. The lowest BCUT2D eigenvalue weighted by Gasteiger charge is -2.32. The van der Waals surface area contributed by atoms with Crippen molar-refractivity contribution in [3.63, 3.8) is 0 Å². The summed E-state index contributed by atoms with van der Waals surface area (Å²) in [4.78, 5) is 20.2. The average Bonchev–Trinajstić information content (AvgIpc) is 3.00. The van der Waals surface area contributed by atoms with E-state index in [0.29, 0.717) is 17.7 Å². The summed E-state index contributed by atoms with van der Waals surface area (Å²) in [6, 6.07) is 2.42. The van der Waals surface area contributed by atoms with Gasteiger partial charge in [0.25, 0.3) is 0 Å². The Morgan fingerprint density at radius 2 is 2.15 bits per heavy atom. The smallest absolute Gasteiger partial charge is 0.228 e. The lowest BCUT2D eigenvalue weighted by molar-refractivity contribution is 0.480. The molecule has 0 unspecified atom stereocenters. The summed E-state index contributed by atoms with van der Waals surface area (Å²) in [5.74, 6) is 2.13. The van der Waals surface area contributed by atoms with E-state index in [9.17, 15) is 0 Å². The Labute approximate surface area is 158 Å². The van der Waals surface area contributed by atoms with E-state index in [0.717, 1.165) is 42.3 Å². The van der Waals surface area contributed by atoms with Gasteiger partial charge in [-0.25, -0.2) is 15.0 Å². The summed E-state index contributed by atoms with van der Waals surface area (Å²) in [6.45, 7) is 11.0. The van der Waals surface area contributed by atoms with Crippen LogP contribution in [0.5, 0.6) is 0 Å². The molecule has 0 bridgehead atoms. The van der Waals surface area contributed by atoms with Gasteiger partial charge in [-0.15, -0.1) is 0 Å². The van der Waals surface area contributed by atoms with Crippen LogP contribution in [0.2, 0.25) is 0 Å². The van der Waals surface area contributed by atoms with Gasteiger partial charge < -0.3 is 15.5 Å². The molecule has 2 N–H and O–H groups in total. The van der Waals surface area contributed by atoms with Crippen molar-refractivity contribution in [1.29, 1.82) is 0 Å². The zero-order valence-corrected chi connectivity index (χ0v) is 16.1. The van der Waals surface area contributed by atoms with Gasteiger partial charge in [0.2, 0.25) is 5.95 Å². The number of rotatable bonds is 4. The van der Waals surface area contributed by atoms with Gasteiger partial charge in [-0.1, -0.05) is 0 Å². The standard InChI is InChI=1S/C18H25N9/c1-11(2)27-16-15(13(4)25-27)23-18(26-8-7-20-12(3)9-26)24-17(16)22-14-5-6-19-10-21-14/h5-6,10-12,20H,7-9H2,1-4H3,(H,19,21,22,23,24)/t12-/m1/s1. The zero-order chi connectivity index (χ0) is 19.0. The predicted molar refractivity (Wildman–Crippen MR) is 105 cm³/mol. The highest BCUT2D eigenvalue weighted by atomic mass is 15.4. The molecule has 0 radical (unpaired) electrons. The van der Waals surface area contributed by atoms with Gasteiger partial charge in [0.1, 0.15) is 23.2 Å². The Balaban J connectivity index is 1.85. The van der Waals surface area contributed by atoms with E-state index in [1.807, 2.05) is 17.7 Å². The quantitative estimate of drug-likeness (QED) is 0.723. The minimum Gasteiger partial charge on any atom is -0.338 e. The molecular weight excluding hydrogens is 342 g/mol. The van der Waals surface area contributed by atoms with Crippen LogP contribution in [0.4, 0.5) is 17.6 Å². The monoisotopic (exact) mass is 367 g/mol. The Hall–Kier alpha value is -2.81. The molecule has 3 aromatic heterocycles. The SMILES string of the molecule is Cc1nn(C(C)C)c2c(Nc3ccncn3)nc(N3CCN[C@H](C)C3)nc12. The van der Waals surface area contributed by atoms with Crippen LogP contribution in [-0.4, -0.2) is 55.4 Å². The molecule has 27 heavy (non-hydrogen) atoms. The van der Waals surface area contributed by atoms with E-state index in [1.165, 1.54) is 6.33 Å². The maximum absolute atomic E-state index is 4.87. The largest absolute Gasteiger partial charge is 0.338 e. The van der Waals surface area contributed by atoms with Crippen molar-refractivity contribution in [2.75, 3.05) is 29.9 Å². The highest BCUT2D eigenvalue weighted by molar-refractivity contribution is 5.90. The molecule has 3 aromatic rings. The first-order chi connectivity index (χ1) is 13.0. The van der Waals surface area contributed by atoms with E-state index in [4.69, 9.17) is 15.1 Å². The molecule has 0 spiro atoms. The highest BCUT2D eigenvalue weighted by Gasteiger charge is 2.23. The third kappa shape index (κ3) is 3.42. The number of nitrogens with zero attached hydrogens (tertiary/aromatic N) is 7. The lowest BCUT2D eigenvalue weighted by atomic mass is 10.2. The molecule has 9 heteroatoms. The van der Waals surface area contributed by atoms with Crippen molar-refractivity contribution in [1.82, 2.24) is 35.0 Å². The fourth-order valence-electron chi connectivity index (χ4n) is 3.37. The van der Waals surface area contributed by atoms with Crippen molar-refractivity contribution in [2.45, 2.75) is 39.8 Å². The van der Waals surface area contributed by atoms with E-state index in [-0.39, 0.29) is 6.04 Å². The molecule has 1 saturated heterocycles. The van der Waals surface area contributed by atoms with Gasteiger partial charge in [-0.3, -0.25) is 4.68 Å². The van der Waals surface area contributed by atoms with Crippen molar-refractivity contribution >= 4 is 28.6 Å². The fraction of sp³-hybridized carbons (Fsp3) is 0.500. The van der Waals surface area contributed by atoms with Crippen LogP contribution < -0.4 is 15.5 Å². The summed E-state index contributed by atoms with van der Waals surface area (Å²) >= 11 is 0. The van der Waals surface area contributed by atoms with Crippen molar-refractivity contribution in [2.24, 2.45) is 0 Å². The van der Waals surface area contributed by atoms with Crippen molar-refractivity contribution in [3.05, 3.63) is 24.3 Å². The first kappa shape index (κ1) is 17.6. The van der Waals surface area contributed by atoms with Gasteiger partial charge in [0, 0.05) is 37.9 Å². The molecule has 0 aromatic carbocycles. The summed E-state index contributed by atoms with van der Waals surface area (Å²) in [5, 5.41) is 11.5. The van der Waals surface area contributed by atoms with Crippen LogP contribution in [0.3, 0.4) is 0 Å². The first-order valence-corrected chi connectivity index (χ1v) is 9.31. The summed E-state index contributed by atoms with van der Waals surface area (Å²) < 4.78 is 1.97. The molecular formula is C18H25N9. The molecule has 4 rings (SSSR count). The predicted octanol–water partition coefficient (Wildman–Crippen LogP) is 2.05. The molecule has 4 heterocycles. The molecule has 142 valence electrons. The molecule has 0 saturated carbocycles. The lowest BCUT2D eigenvalue weighted by Crippen LogP contribution is -2.49. The Morgan fingerprint density at radius 1 is 1.30 bits per heavy atom. The Kier molecular flexibility index (Phi) is 4.61. The molecule has 1 aliphatic rings. The van der Waals surface area contributed by atoms with Gasteiger partial charge in [-0.2, -0.15) is 10.1 Å². The topological polar surface area (TPSA) is 96.7 Å². The minimum atomic E-state index is 0.195. The summed E-state index contributed by atoms with van der Waals surface area (Å²) in [7, 11) is 0. The van der Waals surface area contributed by atoms with Crippen LogP contribution in [0.25, 0.3) is 11.0 Å². The van der Waals surface area contributed by atoms with E-state index < -0.39 is 0 Å². The number of nitrogens with one attached hydrogen (secondary N) is 2. The Morgan fingerprint density at radius 3 is 2.85 bits per heavy atom. The average molecular weight is 367 g/mol. The molecule has 0 aliphatic carbocycles. The second-order valence-corrected chi connectivity index (χ2v) is 7.21. The zero-order valence-electron chi connectivity index (χ0n) is 16.1. The van der Waals surface area contributed by atoms with Gasteiger partial charge in [0.05, 0.1) is 5.69 Å². The number of fused-ring (bicyclic) bond motifs is 1. The second kappa shape index (κ2) is 7.07. The molecule has 1 fully saturated rings. The third-order valence-corrected chi connectivity index (χ3v) is 4.67. The number of aromatic nitrogens is 6. The normalized spacial score (nSPS) is 17.7. The fourth-order valence-corrected chi connectivity index (χ4v) is 3.37. The number of aryl methyl sites for hydroxylation is 1. The van der Waals surface area contributed by atoms with E-state index >= 15 is 0 Å². The van der Waals surface area contributed by atoms with Gasteiger partial charge in [-0.05, 0) is 33.8 Å². The highest BCUT2D eigenvalue weighted by Crippen LogP contribution is 2.30. The van der Waals surface area contributed by atoms with E-state index in [2.05, 4.69) is 46.3 Å². The van der Waals surface area contributed by atoms with Crippen LogP contribution in [0.15, 0.2) is 18.6 Å². The van der Waals surface area contributed by atoms with Crippen LogP contribution in [0.1, 0.15) is 32.5 Å². The van der Waals surface area contributed by atoms with Crippen LogP contribution >= 0.6 is 0 Å². The van der Waals surface area contributed by atoms with Crippen molar-refractivity contribution < 1.29 is 0 Å². The van der Waals surface area contributed by atoms with Gasteiger partial charge in [0.15, 0.2) is 5.82 Å². The maximum Gasteiger partial charge on any atom is 0.228 e. The maximum atomic E-state index is 4.87. The number of piperazine rings is 1. The molecule has 9 nitrogen and oxygen atoms in total. The molecule has 0 amide bonds. The van der Waals surface area contributed by atoms with Crippen LogP contribution in [0, 0.1) is 6.92 Å². The third-order valence-electron chi connectivity index (χ3n) is 4.67. The summed E-state index contributed by atoms with van der Waals surface area (Å²) in [5.41, 5.74) is 2.67. The molecule has 1 aliphatic heterocycles. The van der Waals surface area contributed by atoms with Crippen LogP contribution in [-0.2, 0) is 0 Å². The number of hydrogen-bond acceptors (Lipinski definition) is 8. The summed E-state index contributed by atoms with van der Waals surface area (Å²) in [6.07, 6.45) is 3.22. The Bertz CT molecular complexity index is 935. The minimum absolute atomic E-state index is 0.195. The second-order valence-electron chi connectivity index (χ2n) is 7.21. The van der Waals surface area contributed by atoms with E-state index in [1.54, 1.807) is 6.20 Å². The number of hydrogen-bond donors (Lipinski definition) is 2. The number of anilines is 3. The van der Waals surface area contributed by atoms with Gasteiger partial charge >= 0.3 is 0 Å².